The van der Waals surface area contributed by atoms with Gasteiger partial charge >= 0.3 is 0 Å². The SMILES string of the molecule is CCCCCCCCCCCCCCCCOC1O[C@@H](C)[C@H](O)[C@@H](O)[C@H]1O. The molecule has 3 N–H and O–H groups in total. The van der Waals surface area contributed by atoms with Crippen LogP contribution in [0.5, 0.6) is 0 Å². The lowest BCUT2D eigenvalue weighted by Gasteiger charge is -2.38. The maximum Gasteiger partial charge on any atom is 0.186 e. The molecule has 0 aromatic carbocycles. The van der Waals surface area contributed by atoms with Crippen molar-refractivity contribution in [3.8, 4) is 0 Å². The number of rotatable bonds is 16. The van der Waals surface area contributed by atoms with E-state index in [-0.39, 0.29) is 0 Å². The number of hydrogen-bond acceptors (Lipinski definition) is 5. The minimum Gasteiger partial charge on any atom is -0.388 e. The van der Waals surface area contributed by atoms with Gasteiger partial charge in [-0.1, -0.05) is 90.4 Å². The van der Waals surface area contributed by atoms with Gasteiger partial charge in [0.05, 0.1) is 6.10 Å². The van der Waals surface area contributed by atoms with Crippen LogP contribution in [0.1, 0.15) is 104 Å². The van der Waals surface area contributed by atoms with E-state index in [0.29, 0.717) is 6.61 Å². The molecule has 1 unspecified atom stereocenters. The van der Waals surface area contributed by atoms with Crippen LogP contribution in [0.3, 0.4) is 0 Å². The maximum absolute atomic E-state index is 9.88. The van der Waals surface area contributed by atoms with Crippen molar-refractivity contribution in [1.29, 1.82) is 0 Å². The first kappa shape index (κ1) is 24.8. The zero-order valence-electron chi connectivity index (χ0n) is 17.7. The van der Waals surface area contributed by atoms with Gasteiger partial charge in [0.1, 0.15) is 18.3 Å². The topological polar surface area (TPSA) is 79.2 Å². The largest absolute Gasteiger partial charge is 0.388 e. The molecule has 5 heteroatoms. The van der Waals surface area contributed by atoms with E-state index in [1.807, 2.05) is 0 Å². The van der Waals surface area contributed by atoms with E-state index in [9.17, 15) is 15.3 Å². The fourth-order valence-corrected chi connectivity index (χ4v) is 3.65. The molecule has 1 aliphatic rings. The Labute approximate surface area is 166 Å². The molecule has 1 saturated heterocycles. The van der Waals surface area contributed by atoms with Crippen LogP contribution in [-0.2, 0) is 9.47 Å². The molecule has 0 spiro atoms. The van der Waals surface area contributed by atoms with Crippen LogP contribution in [0.2, 0.25) is 0 Å². The lowest BCUT2D eigenvalue weighted by molar-refractivity contribution is -0.293. The number of hydrogen-bond donors (Lipinski definition) is 3. The highest BCUT2D eigenvalue weighted by atomic mass is 16.7. The monoisotopic (exact) mass is 388 g/mol. The average Bonchev–Trinajstić information content (AvgIpc) is 2.67. The van der Waals surface area contributed by atoms with Crippen molar-refractivity contribution < 1.29 is 24.8 Å². The molecular weight excluding hydrogens is 344 g/mol. The fraction of sp³-hybridized carbons (Fsp3) is 1.00. The predicted octanol–water partition coefficient (Wildman–Crippen LogP) is 4.31. The molecular formula is C22H44O5. The van der Waals surface area contributed by atoms with E-state index in [1.165, 1.54) is 77.0 Å². The van der Waals surface area contributed by atoms with Gasteiger partial charge in [0, 0.05) is 6.61 Å². The summed E-state index contributed by atoms with van der Waals surface area (Å²) in [6.45, 7) is 4.44. The third kappa shape index (κ3) is 10.8. The van der Waals surface area contributed by atoms with E-state index in [4.69, 9.17) is 9.47 Å². The molecule has 0 radical (unpaired) electrons. The number of ether oxygens (including phenoxy) is 2. The molecule has 1 aliphatic heterocycles. The summed E-state index contributed by atoms with van der Waals surface area (Å²) in [7, 11) is 0. The van der Waals surface area contributed by atoms with E-state index in [2.05, 4.69) is 6.92 Å². The zero-order chi connectivity index (χ0) is 19.9. The first-order valence-electron chi connectivity index (χ1n) is 11.4. The quantitative estimate of drug-likeness (QED) is 0.343. The van der Waals surface area contributed by atoms with Crippen LogP contribution in [-0.4, -0.2) is 52.6 Å². The highest BCUT2D eigenvalue weighted by Gasteiger charge is 2.42. The van der Waals surface area contributed by atoms with Gasteiger partial charge in [-0.05, 0) is 13.3 Å². The Kier molecular flexibility index (Phi) is 14.4. The van der Waals surface area contributed by atoms with Gasteiger partial charge in [0.25, 0.3) is 0 Å². The van der Waals surface area contributed by atoms with Crippen LogP contribution < -0.4 is 0 Å². The Bertz CT molecular complexity index is 339. The molecule has 1 rings (SSSR count). The Morgan fingerprint density at radius 3 is 1.56 bits per heavy atom. The van der Waals surface area contributed by atoms with Gasteiger partial charge in [-0.25, -0.2) is 0 Å². The third-order valence-corrected chi connectivity index (χ3v) is 5.59. The van der Waals surface area contributed by atoms with Crippen molar-refractivity contribution in [2.45, 2.75) is 134 Å². The normalized spacial score (nSPS) is 28.6. The van der Waals surface area contributed by atoms with Gasteiger partial charge in [0.15, 0.2) is 6.29 Å². The zero-order valence-corrected chi connectivity index (χ0v) is 17.7. The lowest BCUT2D eigenvalue weighted by atomic mass is 10.00. The Balaban J connectivity index is 1.85. The second-order valence-corrected chi connectivity index (χ2v) is 8.15. The Morgan fingerprint density at radius 2 is 1.07 bits per heavy atom. The minimum atomic E-state index is -1.21. The summed E-state index contributed by atoms with van der Waals surface area (Å²) in [6, 6.07) is 0. The van der Waals surface area contributed by atoms with Gasteiger partial charge in [-0.2, -0.15) is 0 Å². The highest BCUT2D eigenvalue weighted by molar-refractivity contribution is 4.87. The second-order valence-electron chi connectivity index (χ2n) is 8.15. The highest BCUT2D eigenvalue weighted by Crippen LogP contribution is 2.22. The molecule has 5 atom stereocenters. The van der Waals surface area contributed by atoms with Crippen molar-refractivity contribution in [2.24, 2.45) is 0 Å². The maximum atomic E-state index is 9.88. The summed E-state index contributed by atoms with van der Waals surface area (Å²) in [5.74, 6) is 0. The first-order chi connectivity index (χ1) is 13.1. The molecule has 0 aromatic heterocycles. The van der Waals surface area contributed by atoms with Crippen LogP contribution in [0.15, 0.2) is 0 Å². The Hall–Kier alpha value is -0.200. The molecule has 0 aliphatic carbocycles. The molecule has 0 saturated carbocycles. The number of aliphatic hydroxyl groups excluding tert-OH is 3. The molecule has 27 heavy (non-hydrogen) atoms. The molecule has 0 bridgehead atoms. The molecule has 1 heterocycles. The summed E-state index contributed by atoms with van der Waals surface area (Å²) < 4.78 is 11.0. The van der Waals surface area contributed by atoms with Crippen molar-refractivity contribution in [3.05, 3.63) is 0 Å². The third-order valence-electron chi connectivity index (χ3n) is 5.59. The number of aliphatic hydroxyl groups is 3. The van der Waals surface area contributed by atoms with Gasteiger partial charge < -0.3 is 24.8 Å². The summed E-state index contributed by atoms with van der Waals surface area (Å²) >= 11 is 0. The molecule has 0 amide bonds. The summed E-state index contributed by atoms with van der Waals surface area (Å²) in [5, 5.41) is 29.3. The Morgan fingerprint density at radius 1 is 0.630 bits per heavy atom. The van der Waals surface area contributed by atoms with Gasteiger partial charge in [-0.15, -0.1) is 0 Å². The first-order valence-corrected chi connectivity index (χ1v) is 11.4. The van der Waals surface area contributed by atoms with Crippen LogP contribution in [0.25, 0.3) is 0 Å². The molecule has 1 fully saturated rings. The predicted molar refractivity (Wildman–Crippen MR) is 109 cm³/mol. The lowest BCUT2D eigenvalue weighted by Crippen LogP contribution is -2.57. The van der Waals surface area contributed by atoms with E-state index < -0.39 is 30.7 Å². The molecule has 0 aromatic rings. The molecule has 162 valence electrons. The second kappa shape index (κ2) is 15.7. The van der Waals surface area contributed by atoms with E-state index >= 15 is 0 Å². The summed E-state index contributed by atoms with van der Waals surface area (Å²) in [5.41, 5.74) is 0. The standard InChI is InChI=1S/C22H44O5/c1-3-4-5-6-7-8-9-10-11-12-13-14-15-16-17-26-22-21(25)20(24)19(23)18(2)27-22/h18-25H,3-17H2,1-2H3/t18-,19-,20+,21+,22?/m0/s1. The van der Waals surface area contributed by atoms with Gasteiger partial charge in [-0.3, -0.25) is 0 Å². The van der Waals surface area contributed by atoms with Crippen LogP contribution in [0, 0.1) is 0 Å². The van der Waals surface area contributed by atoms with Crippen molar-refractivity contribution in [2.75, 3.05) is 6.61 Å². The average molecular weight is 389 g/mol. The summed E-state index contributed by atoms with van der Waals surface area (Å²) in [6.07, 6.45) is 13.5. The summed E-state index contributed by atoms with van der Waals surface area (Å²) in [4.78, 5) is 0. The van der Waals surface area contributed by atoms with Crippen LogP contribution >= 0.6 is 0 Å². The van der Waals surface area contributed by atoms with Crippen molar-refractivity contribution in [3.63, 3.8) is 0 Å². The minimum absolute atomic E-state index is 0.509. The van der Waals surface area contributed by atoms with Crippen molar-refractivity contribution in [1.82, 2.24) is 0 Å². The fourth-order valence-electron chi connectivity index (χ4n) is 3.65. The van der Waals surface area contributed by atoms with E-state index in [0.717, 1.165) is 12.8 Å². The van der Waals surface area contributed by atoms with Crippen LogP contribution in [0.4, 0.5) is 0 Å². The van der Waals surface area contributed by atoms with Gasteiger partial charge in [0.2, 0.25) is 0 Å². The molecule has 5 nitrogen and oxygen atoms in total. The smallest absolute Gasteiger partial charge is 0.186 e. The number of unbranched alkanes of at least 4 members (excludes halogenated alkanes) is 13. The van der Waals surface area contributed by atoms with Crippen molar-refractivity contribution >= 4 is 0 Å². The van der Waals surface area contributed by atoms with E-state index in [1.54, 1.807) is 6.92 Å².